The highest BCUT2D eigenvalue weighted by molar-refractivity contribution is 8.00. The molecule has 8 heteroatoms. The van der Waals surface area contributed by atoms with Gasteiger partial charge in [-0.3, -0.25) is 4.79 Å². The maximum atomic E-state index is 12.7. The lowest BCUT2D eigenvalue weighted by atomic mass is 10.2. The van der Waals surface area contributed by atoms with Crippen LogP contribution in [-0.2, 0) is 11.0 Å². The summed E-state index contributed by atoms with van der Waals surface area (Å²) in [5.41, 5.74) is 0.0716. The normalized spacial score (nSPS) is 19.7. The number of nitrogens with zero attached hydrogens (tertiary/aromatic N) is 2. The van der Waals surface area contributed by atoms with Gasteiger partial charge in [-0.2, -0.15) is 13.2 Å². The minimum Gasteiger partial charge on any atom is -0.345 e. The molecule has 1 aromatic carbocycles. The SMILES string of the molecule is CN1CC[C@H](Sc2nc3ccc(C(F)(F)F)cc3[nH]2)C1=O. The number of carbonyl (C=O) groups is 1. The molecular formula is C13H12F3N3OS. The zero-order chi connectivity index (χ0) is 15.2. The molecule has 1 aliphatic rings. The van der Waals surface area contributed by atoms with E-state index >= 15 is 0 Å². The number of hydrogen-bond donors (Lipinski definition) is 1. The predicted octanol–water partition coefficient (Wildman–Crippen LogP) is 2.90. The number of alkyl halides is 3. The molecule has 2 aromatic rings. The van der Waals surface area contributed by atoms with Gasteiger partial charge in [-0.25, -0.2) is 4.98 Å². The largest absolute Gasteiger partial charge is 0.416 e. The van der Waals surface area contributed by atoms with Crippen LogP contribution >= 0.6 is 11.8 Å². The highest BCUT2D eigenvalue weighted by Crippen LogP contribution is 2.33. The molecular weight excluding hydrogens is 303 g/mol. The van der Waals surface area contributed by atoms with Gasteiger partial charge in [0.25, 0.3) is 0 Å². The molecule has 0 bridgehead atoms. The molecule has 1 amide bonds. The minimum absolute atomic E-state index is 0.0245. The molecule has 3 rings (SSSR count). The van der Waals surface area contributed by atoms with E-state index < -0.39 is 11.7 Å². The number of benzene rings is 1. The Bertz CT molecular complexity index is 698. The van der Waals surface area contributed by atoms with E-state index in [-0.39, 0.29) is 11.2 Å². The molecule has 1 aromatic heterocycles. The second-order valence-electron chi connectivity index (χ2n) is 4.93. The van der Waals surface area contributed by atoms with Crippen LogP contribution in [0.5, 0.6) is 0 Å². The van der Waals surface area contributed by atoms with Gasteiger partial charge in [0.2, 0.25) is 5.91 Å². The number of nitrogens with one attached hydrogen (secondary N) is 1. The molecule has 0 aliphatic carbocycles. The van der Waals surface area contributed by atoms with E-state index in [1.807, 2.05) is 0 Å². The summed E-state index contributed by atoms with van der Waals surface area (Å²) in [6, 6.07) is 3.38. The first-order chi connectivity index (χ1) is 9.84. The number of aromatic amines is 1. The van der Waals surface area contributed by atoms with Crippen molar-refractivity contribution in [1.29, 1.82) is 0 Å². The van der Waals surface area contributed by atoms with E-state index in [9.17, 15) is 18.0 Å². The second-order valence-corrected chi connectivity index (χ2v) is 6.12. The molecule has 1 fully saturated rings. The molecule has 1 N–H and O–H groups in total. The van der Waals surface area contributed by atoms with Crippen molar-refractivity contribution in [3.05, 3.63) is 23.8 Å². The Morgan fingerprint density at radius 2 is 2.19 bits per heavy atom. The average Bonchev–Trinajstić information content (AvgIpc) is 2.94. The lowest BCUT2D eigenvalue weighted by Crippen LogP contribution is -2.23. The standard InChI is InChI=1S/C13H12F3N3OS/c1-19-5-4-10(11(19)20)21-12-17-8-3-2-7(13(14,15)16)6-9(8)18-12/h2-3,6,10H,4-5H2,1H3,(H,17,18)/t10-/m0/s1. The van der Waals surface area contributed by atoms with Crippen LogP contribution in [0.15, 0.2) is 23.4 Å². The lowest BCUT2D eigenvalue weighted by Gasteiger charge is -2.08. The summed E-state index contributed by atoms with van der Waals surface area (Å²) in [6.45, 7) is 0.689. The monoisotopic (exact) mass is 315 g/mol. The van der Waals surface area contributed by atoms with Crippen molar-refractivity contribution in [2.75, 3.05) is 13.6 Å². The Labute approximate surface area is 122 Å². The Morgan fingerprint density at radius 3 is 2.81 bits per heavy atom. The maximum Gasteiger partial charge on any atom is 0.416 e. The van der Waals surface area contributed by atoms with Gasteiger partial charge in [0.15, 0.2) is 5.16 Å². The third-order valence-corrected chi connectivity index (χ3v) is 4.56. The summed E-state index contributed by atoms with van der Waals surface area (Å²) in [5, 5.41) is 0.246. The van der Waals surface area contributed by atoms with Crippen LogP contribution in [0, 0.1) is 0 Å². The summed E-state index contributed by atoms with van der Waals surface area (Å²) in [4.78, 5) is 20.5. The molecule has 1 atom stereocenters. The van der Waals surface area contributed by atoms with Gasteiger partial charge in [-0.1, -0.05) is 11.8 Å². The van der Waals surface area contributed by atoms with E-state index in [2.05, 4.69) is 9.97 Å². The zero-order valence-corrected chi connectivity index (χ0v) is 11.9. The first-order valence-corrected chi connectivity index (χ1v) is 7.21. The Hall–Kier alpha value is -1.70. The number of likely N-dealkylation sites (tertiary alicyclic amines) is 1. The number of hydrogen-bond acceptors (Lipinski definition) is 3. The number of amides is 1. The van der Waals surface area contributed by atoms with E-state index in [0.29, 0.717) is 29.2 Å². The van der Waals surface area contributed by atoms with Crippen molar-refractivity contribution in [1.82, 2.24) is 14.9 Å². The third-order valence-electron chi connectivity index (χ3n) is 3.42. The highest BCUT2D eigenvalue weighted by Gasteiger charge is 2.32. The number of thioether (sulfide) groups is 1. The summed E-state index contributed by atoms with van der Waals surface area (Å²) in [7, 11) is 1.73. The van der Waals surface area contributed by atoms with Crippen LogP contribution in [0.4, 0.5) is 13.2 Å². The van der Waals surface area contributed by atoms with Gasteiger partial charge < -0.3 is 9.88 Å². The molecule has 2 heterocycles. The van der Waals surface area contributed by atoms with Crippen molar-refractivity contribution < 1.29 is 18.0 Å². The number of imidazole rings is 1. The van der Waals surface area contributed by atoms with Crippen LogP contribution in [0.1, 0.15) is 12.0 Å². The number of rotatable bonds is 2. The number of fused-ring (bicyclic) bond motifs is 1. The minimum atomic E-state index is -4.38. The van der Waals surface area contributed by atoms with Crippen molar-refractivity contribution >= 4 is 28.7 Å². The van der Waals surface area contributed by atoms with E-state index in [1.165, 1.54) is 17.8 Å². The third kappa shape index (κ3) is 2.72. The van der Waals surface area contributed by atoms with Crippen LogP contribution in [0.3, 0.4) is 0 Å². The van der Waals surface area contributed by atoms with Gasteiger partial charge >= 0.3 is 6.18 Å². The summed E-state index contributed by atoms with van der Waals surface area (Å²) < 4.78 is 38.0. The highest BCUT2D eigenvalue weighted by atomic mass is 32.2. The Morgan fingerprint density at radius 1 is 1.43 bits per heavy atom. The van der Waals surface area contributed by atoms with Crippen LogP contribution < -0.4 is 0 Å². The van der Waals surface area contributed by atoms with Gasteiger partial charge in [0.1, 0.15) is 0 Å². The number of halogens is 3. The Balaban J connectivity index is 1.86. The first kappa shape index (κ1) is 14.2. The molecule has 0 saturated carbocycles. The lowest BCUT2D eigenvalue weighted by molar-refractivity contribution is -0.137. The molecule has 21 heavy (non-hydrogen) atoms. The fourth-order valence-corrected chi connectivity index (χ4v) is 3.35. The molecule has 0 unspecified atom stereocenters. The van der Waals surface area contributed by atoms with Gasteiger partial charge in [0, 0.05) is 13.6 Å². The molecule has 0 spiro atoms. The van der Waals surface area contributed by atoms with E-state index in [1.54, 1.807) is 11.9 Å². The Kier molecular flexibility index (Phi) is 3.35. The molecule has 1 saturated heterocycles. The van der Waals surface area contributed by atoms with Crippen LogP contribution in [-0.4, -0.2) is 39.6 Å². The fraction of sp³-hybridized carbons (Fsp3) is 0.385. The second kappa shape index (κ2) is 4.94. The molecule has 1 aliphatic heterocycles. The van der Waals surface area contributed by atoms with Crippen LogP contribution in [0.2, 0.25) is 0 Å². The number of carbonyl (C=O) groups excluding carboxylic acids is 1. The predicted molar refractivity (Wildman–Crippen MR) is 73.0 cm³/mol. The van der Waals surface area contributed by atoms with Crippen LogP contribution in [0.25, 0.3) is 11.0 Å². The quantitative estimate of drug-likeness (QED) is 0.927. The average molecular weight is 315 g/mol. The first-order valence-electron chi connectivity index (χ1n) is 6.33. The molecule has 112 valence electrons. The van der Waals surface area contributed by atoms with Gasteiger partial charge in [-0.15, -0.1) is 0 Å². The van der Waals surface area contributed by atoms with E-state index in [4.69, 9.17) is 0 Å². The van der Waals surface area contributed by atoms with Gasteiger partial charge in [0.05, 0.1) is 21.8 Å². The molecule has 4 nitrogen and oxygen atoms in total. The number of aromatic nitrogens is 2. The van der Waals surface area contributed by atoms with Crippen molar-refractivity contribution in [2.24, 2.45) is 0 Å². The summed E-state index contributed by atoms with van der Waals surface area (Å²) in [5.74, 6) is 0.0245. The zero-order valence-electron chi connectivity index (χ0n) is 11.1. The molecule has 0 radical (unpaired) electrons. The smallest absolute Gasteiger partial charge is 0.345 e. The maximum absolute atomic E-state index is 12.7. The fourth-order valence-electron chi connectivity index (χ4n) is 2.25. The van der Waals surface area contributed by atoms with Crippen molar-refractivity contribution in [3.8, 4) is 0 Å². The number of H-pyrrole nitrogens is 1. The summed E-state index contributed by atoms with van der Waals surface area (Å²) >= 11 is 1.26. The van der Waals surface area contributed by atoms with Gasteiger partial charge in [-0.05, 0) is 24.6 Å². The van der Waals surface area contributed by atoms with E-state index in [0.717, 1.165) is 12.1 Å². The summed E-state index contributed by atoms with van der Waals surface area (Å²) in [6.07, 6.45) is -3.67. The topological polar surface area (TPSA) is 49.0 Å². The van der Waals surface area contributed by atoms with Crippen molar-refractivity contribution in [2.45, 2.75) is 23.0 Å². The van der Waals surface area contributed by atoms with Crippen molar-refractivity contribution in [3.63, 3.8) is 0 Å².